The van der Waals surface area contributed by atoms with E-state index >= 15 is 0 Å². The molecule has 1 unspecified atom stereocenters. The van der Waals surface area contributed by atoms with E-state index in [0.717, 1.165) is 6.07 Å². The van der Waals surface area contributed by atoms with Crippen LogP contribution < -0.4 is 9.47 Å². The molecule has 0 N–H and O–H groups in total. The first-order valence-corrected chi connectivity index (χ1v) is 7.03. The van der Waals surface area contributed by atoms with Gasteiger partial charge >= 0.3 is 6.18 Å². The zero-order valence-electron chi connectivity index (χ0n) is 12.7. The number of halogens is 4. The molecule has 0 fully saturated rings. The lowest BCUT2D eigenvalue weighted by Gasteiger charge is -2.15. The van der Waals surface area contributed by atoms with Gasteiger partial charge in [0, 0.05) is 6.20 Å². The second kappa shape index (κ2) is 6.97. The Balaban J connectivity index is 2.48. The maximum atomic E-state index is 12.7. The monoisotopic (exact) mass is 356 g/mol. The Morgan fingerprint density at radius 3 is 2.33 bits per heavy atom. The van der Waals surface area contributed by atoms with Gasteiger partial charge in [-0.1, -0.05) is 17.7 Å². The summed E-state index contributed by atoms with van der Waals surface area (Å²) in [5, 5.41) is 9.20. The molecule has 1 aromatic carbocycles. The number of methoxy groups -OCH3 is 2. The van der Waals surface area contributed by atoms with Gasteiger partial charge in [-0.3, -0.25) is 4.98 Å². The molecule has 0 saturated heterocycles. The molecule has 1 heterocycles. The van der Waals surface area contributed by atoms with Crippen LogP contribution in [0.25, 0.3) is 0 Å². The lowest BCUT2D eigenvalue weighted by molar-refractivity contribution is -0.137. The van der Waals surface area contributed by atoms with Gasteiger partial charge in [-0.05, 0) is 23.8 Å². The van der Waals surface area contributed by atoms with E-state index in [-0.39, 0.29) is 10.7 Å². The summed E-state index contributed by atoms with van der Waals surface area (Å²) >= 11 is 5.92. The average Bonchev–Trinajstić information content (AvgIpc) is 2.55. The lowest BCUT2D eigenvalue weighted by atomic mass is 9.95. The molecule has 0 amide bonds. The molecule has 0 saturated carbocycles. The summed E-state index contributed by atoms with van der Waals surface area (Å²) in [6.07, 6.45) is -3.90. The lowest BCUT2D eigenvalue weighted by Crippen LogP contribution is -2.09. The number of benzene rings is 1. The maximum absolute atomic E-state index is 12.7. The number of rotatable bonds is 4. The fraction of sp³-hybridized carbons (Fsp3) is 0.250. The molecule has 1 aromatic heterocycles. The van der Waals surface area contributed by atoms with Gasteiger partial charge in [-0.25, -0.2) is 0 Å². The molecule has 4 nitrogen and oxygen atoms in total. The summed E-state index contributed by atoms with van der Waals surface area (Å²) in [6.45, 7) is 0. The summed E-state index contributed by atoms with van der Waals surface area (Å²) in [4.78, 5) is 3.74. The van der Waals surface area contributed by atoms with Crippen molar-refractivity contribution in [2.45, 2.75) is 12.1 Å². The van der Waals surface area contributed by atoms with Crippen LogP contribution in [0.4, 0.5) is 13.2 Å². The van der Waals surface area contributed by atoms with Crippen LogP contribution in [0.3, 0.4) is 0 Å². The second-order valence-electron chi connectivity index (χ2n) is 4.77. The van der Waals surface area contributed by atoms with Gasteiger partial charge in [0.05, 0.1) is 36.6 Å². The first-order valence-electron chi connectivity index (χ1n) is 6.66. The van der Waals surface area contributed by atoms with Gasteiger partial charge in [0.25, 0.3) is 0 Å². The van der Waals surface area contributed by atoms with E-state index in [4.69, 9.17) is 21.1 Å². The largest absolute Gasteiger partial charge is 0.493 e. The van der Waals surface area contributed by atoms with Gasteiger partial charge < -0.3 is 9.47 Å². The third kappa shape index (κ3) is 3.54. The topological polar surface area (TPSA) is 55.1 Å². The fourth-order valence-corrected chi connectivity index (χ4v) is 2.42. The quantitative estimate of drug-likeness (QED) is 0.813. The van der Waals surface area contributed by atoms with Gasteiger partial charge in [0.2, 0.25) is 0 Å². The predicted molar refractivity (Wildman–Crippen MR) is 81.3 cm³/mol. The first kappa shape index (κ1) is 17.9. The fourth-order valence-electron chi connectivity index (χ4n) is 2.14. The second-order valence-corrected chi connectivity index (χ2v) is 5.17. The molecule has 0 aliphatic heterocycles. The third-order valence-corrected chi connectivity index (χ3v) is 3.64. The number of nitrogens with zero attached hydrogens (tertiary/aromatic N) is 2. The SMILES string of the molecule is COc1ccc(C(C#N)c2ncc(C(F)(F)F)cc2Cl)cc1OC. The van der Waals surface area contributed by atoms with Gasteiger partial charge in [0.1, 0.15) is 5.92 Å². The number of hydrogen-bond donors (Lipinski definition) is 0. The summed E-state index contributed by atoms with van der Waals surface area (Å²) in [5.41, 5.74) is -0.455. The zero-order valence-corrected chi connectivity index (χ0v) is 13.4. The standard InChI is InChI=1S/C16H12ClF3N2O2/c1-23-13-4-3-9(5-14(13)24-2)11(7-21)15-12(17)6-10(8-22-15)16(18,19)20/h3-6,8,11H,1-2H3. The van der Waals surface area contributed by atoms with Crippen LogP contribution in [0.2, 0.25) is 5.02 Å². The first-order chi connectivity index (χ1) is 11.3. The van der Waals surface area contributed by atoms with E-state index in [2.05, 4.69) is 4.98 Å². The molecule has 1 atom stereocenters. The number of hydrogen-bond acceptors (Lipinski definition) is 4. The Bertz CT molecular complexity index is 788. The zero-order chi connectivity index (χ0) is 17.9. The van der Waals surface area contributed by atoms with E-state index < -0.39 is 17.7 Å². The Morgan fingerprint density at radius 1 is 1.17 bits per heavy atom. The van der Waals surface area contributed by atoms with Crippen LogP contribution in [-0.2, 0) is 6.18 Å². The summed E-state index contributed by atoms with van der Waals surface area (Å²) in [6, 6.07) is 7.51. The molecular weight excluding hydrogens is 345 g/mol. The molecule has 2 rings (SSSR count). The van der Waals surface area contributed by atoms with Crippen molar-refractivity contribution in [3.05, 3.63) is 52.3 Å². The number of nitriles is 1. The van der Waals surface area contributed by atoms with E-state index in [1.165, 1.54) is 14.2 Å². The van der Waals surface area contributed by atoms with Crippen molar-refractivity contribution in [3.63, 3.8) is 0 Å². The van der Waals surface area contributed by atoms with Crippen molar-refractivity contribution in [1.29, 1.82) is 5.26 Å². The van der Waals surface area contributed by atoms with Crippen molar-refractivity contribution in [2.75, 3.05) is 14.2 Å². The summed E-state index contributed by atoms with van der Waals surface area (Å²) in [7, 11) is 2.90. The normalized spacial score (nSPS) is 12.4. The van der Waals surface area contributed by atoms with Crippen LogP contribution >= 0.6 is 11.6 Å². The van der Waals surface area contributed by atoms with E-state index in [9.17, 15) is 18.4 Å². The molecule has 0 aliphatic rings. The molecule has 24 heavy (non-hydrogen) atoms. The minimum atomic E-state index is -4.55. The Kier molecular flexibility index (Phi) is 5.20. The van der Waals surface area contributed by atoms with Gasteiger partial charge in [0.15, 0.2) is 11.5 Å². The van der Waals surface area contributed by atoms with Crippen LogP contribution in [0, 0.1) is 11.3 Å². The number of ether oxygens (including phenoxy) is 2. The van der Waals surface area contributed by atoms with Crippen LogP contribution in [0.15, 0.2) is 30.5 Å². The smallest absolute Gasteiger partial charge is 0.417 e. The highest BCUT2D eigenvalue weighted by molar-refractivity contribution is 6.31. The van der Waals surface area contributed by atoms with E-state index in [0.29, 0.717) is 23.3 Å². The van der Waals surface area contributed by atoms with Gasteiger partial charge in [-0.15, -0.1) is 0 Å². The highest BCUT2D eigenvalue weighted by Crippen LogP contribution is 2.36. The molecule has 2 aromatic rings. The molecular formula is C16H12ClF3N2O2. The predicted octanol–water partition coefficient (Wildman–Crippen LogP) is 4.43. The number of pyridine rings is 1. The Hall–Kier alpha value is -2.46. The maximum Gasteiger partial charge on any atom is 0.417 e. The van der Waals surface area contributed by atoms with Crippen molar-refractivity contribution < 1.29 is 22.6 Å². The summed E-state index contributed by atoms with van der Waals surface area (Å²) < 4.78 is 48.4. The van der Waals surface area contributed by atoms with Gasteiger partial charge in [-0.2, -0.15) is 18.4 Å². The minimum absolute atomic E-state index is 0.0411. The number of alkyl halides is 3. The summed E-state index contributed by atoms with van der Waals surface area (Å²) in [5.74, 6) is -0.0951. The molecule has 126 valence electrons. The molecule has 0 bridgehead atoms. The highest BCUT2D eigenvalue weighted by Gasteiger charge is 2.32. The van der Waals surface area contributed by atoms with Crippen molar-refractivity contribution in [1.82, 2.24) is 4.98 Å². The van der Waals surface area contributed by atoms with Crippen molar-refractivity contribution in [3.8, 4) is 17.6 Å². The van der Waals surface area contributed by atoms with Crippen molar-refractivity contribution in [2.24, 2.45) is 0 Å². The van der Waals surface area contributed by atoms with Crippen LogP contribution in [0.1, 0.15) is 22.7 Å². The van der Waals surface area contributed by atoms with E-state index in [1.54, 1.807) is 18.2 Å². The molecule has 0 spiro atoms. The molecule has 0 radical (unpaired) electrons. The Labute approximate surface area is 141 Å². The minimum Gasteiger partial charge on any atom is -0.493 e. The average molecular weight is 357 g/mol. The Morgan fingerprint density at radius 2 is 1.83 bits per heavy atom. The van der Waals surface area contributed by atoms with Crippen LogP contribution in [-0.4, -0.2) is 19.2 Å². The third-order valence-electron chi connectivity index (χ3n) is 3.34. The highest BCUT2D eigenvalue weighted by atomic mass is 35.5. The van der Waals surface area contributed by atoms with Crippen molar-refractivity contribution >= 4 is 11.6 Å². The van der Waals surface area contributed by atoms with E-state index in [1.807, 2.05) is 6.07 Å². The molecule has 8 heteroatoms. The molecule has 0 aliphatic carbocycles. The number of aromatic nitrogens is 1. The van der Waals surface area contributed by atoms with Crippen LogP contribution in [0.5, 0.6) is 11.5 Å².